The van der Waals surface area contributed by atoms with Gasteiger partial charge in [-0.25, -0.2) is 0 Å². The first-order chi connectivity index (χ1) is 11.8. The molecule has 1 aromatic carbocycles. The van der Waals surface area contributed by atoms with Gasteiger partial charge in [-0.05, 0) is 30.0 Å². The first kappa shape index (κ1) is 18.2. The van der Waals surface area contributed by atoms with Crippen LogP contribution in [0.25, 0.3) is 0 Å². The lowest BCUT2D eigenvalue weighted by Gasteiger charge is -2.38. The quantitative estimate of drug-likeness (QED) is 0.843. The van der Waals surface area contributed by atoms with Crippen molar-refractivity contribution in [2.24, 2.45) is 0 Å². The second-order valence-corrected chi connectivity index (χ2v) is 7.97. The summed E-state index contributed by atoms with van der Waals surface area (Å²) in [6.45, 7) is 10.9. The lowest BCUT2D eigenvalue weighted by Crippen LogP contribution is -2.50. The molecule has 0 unspecified atom stereocenters. The van der Waals surface area contributed by atoms with E-state index in [0.29, 0.717) is 26.3 Å². The molecule has 1 atom stereocenters. The van der Waals surface area contributed by atoms with Gasteiger partial charge in [0.25, 0.3) is 5.91 Å². The Labute approximate surface area is 150 Å². The summed E-state index contributed by atoms with van der Waals surface area (Å²) < 4.78 is 17.3. The summed E-state index contributed by atoms with van der Waals surface area (Å²) in [5.74, 6) is 0.293. The number of carbonyl (C=O) groups excluding carboxylic acids is 1. The molecule has 2 fully saturated rings. The minimum Gasteiger partial charge on any atom is -0.481 e. The Morgan fingerprint density at radius 3 is 2.20 bits per heavy atom. The van der Waals surface area contributed by atoms with Gasteiger partial charge in [0, 0.05) is 25.9 Å². The van der Waals surface area contributed by atoms with Gasteiger partial charge in [0.1, 0.15) is 5.75 Å². The number of hydrogen-bond donors (Lipinski definition) is 0. The van der Waals surface area contributed by atoms with Crippen LogP contribution in [0.5, 0.6) is 5.75 Å². The molecule has 2 heterocycles. The summed E-state index contributed by atoms with van der Waals surface area (Å²) in [5.41, 5.74) is 1.35. The van der Waals surface area contributed by atoms with E-state index in [4.69, 9.17) is 14.2 Å². The predicted octanol–water partition coefficient (Wildman–Crippen LogP) is 3.12. The third kappa shape index (κ3) is 4.15. The first-order valence-corrected chi connectivity index (χ1v) is 9.13. The van der Waals surface area contributed by atoms with Crippen LogP contribution in [-0.2, 0) is 19.7 Å². The zero-order chi connectivity index (χ0) is 18.1. The van der Waals surface area contributed by atoms with Gasteiger partial charge < -0.3 is 19.1 Å². The number of ether oxygens (including phenoxy) is 3. The van der Waals surface area contributed by atoms with E-state index in [1.54, 1.807) is 0 Å². The molecular formula is C20H29NO4. The van der Waals surface area contributed by atoms with Gasteiger partial charge in [0.2, 0.25) is 0 Å². The van der Waals surface area contributed by atoms with E-state index in [9.17, 15) is 4.79 Å². The molecule has 0 N–H and O–H groups in total. The van der Waals surface area contributed by atoms with Crippen molar-refractivity contribution in [1.29, 1.82) is 0 Å². The molecule has 0 bridgehead atoms. The Hall–Kier alpha value is -1.59. The Bertz CT molecular complexity index is 589. The molecule has 2 saturated heterocycles. The Morgan fingerprint density at radius 2 is 1.68 bits per heavy atom. The van der Waals surface area contributed by atoms with Crippen molar-refractivity contribution in [1.82, 2.24) is 4.90 Å². The fourth-order valence-electron chi connectivity index (χ4n) is 3.40. The number of rotatable bonds is 3. The standard InChI is InChI=1S/C20H29NO4/c1-15(25-17-7-5-16(6-8-17)19(2,3)4)18(22)21-11-9-20(10-12-21)23-13-14-24-20/h5-8,15H,9-14H2,1-4H3/t15-/m0/s1. The van der Waals surface area contributed by atoms with E-state index in [0.717, 1.165) is 18.6 Å². The average molecular weight is 347 g/mol. The van der Waals surface area contributed by atoms with Crippen LogP contribution in [0.15, 0.2) is 24.3 Å². The van der Waals surface area contributed by atoms with Gasteiger partial charge in [-0.3, -0.25) is 4.79 Å². The van der Waals surface area contributed by atoms with Crippen LogP contribution in [0.4, 0.5) is 0 Å². The highest BCUT2D eigenvalue weighted by molar-refractivity contribution is 5.81. The van der Waals surface area contributed by atoms with Crippen molar-refractivity contribution < 1.29 is 19.0 Å². The summed E-state index contributed by atoms with van der Waals surface area (Å²) >= 11 is 0. The molecule has 2 aliphatic rings. The van der Waals surface area contributed by atoms with E-state index >= 15 is 0 Å². The highest BCUT2D eigenvalue weighted by Gasteiger charge is 2.41. The van der Waals surface area contributed by atoms with Gasteiger partial charge in [-0.15, -0.1) is 0 Å². The maximum atomic E-state index is 12.7. The van der Waals surface area contributed by atoms with Crippen molar-refractivity contribution in [3.63, 3.8) is 0 Å². The van der Waals surface area contributed by atoms with Crippen LogP contribution in [0, 0.1) is 0 Å². The summed E-state index contributed by atoms with van der Waals surface area (Å²) in [4.78, 5) is 14.5. The van der Waals surface area contributed by atoms with Crippen LogP contribution in [-0.4, -0.2) is 49.0 Å². The fourth-order valence-corrected chi connectivity index (χ4v) is 3.40. The molecule has 1 aromatic rings. The van der Waals surface area contributed by atoms with E-state index < -0.39 is 11.9 Å². The summed E-state index contributed by atoms with van der Waals surface area (Å²) in [6.07, 6.45) is 0.956. The third-order valence-corrected chi connectivity index (χ3v) is 5.03. The molecule has 5 heteroatoms. The number of amides is 1. The molecule has 1 spiro atoms. The topological polar surface area (TPSA) is 48.0 Å². The Morgan fingerprint density at radius 1 is 1.12 bits per heavy atom. The van der Waals surface area contributed by atoms with Crippen LogP contribution in [0.1, 0.15) is 46.1 Å². The van der Waals surface area contributed by atoms with Crippen molar-refractivity contribution in [2.75, 3.05) is 26.3 Å². The second kappa shape index (κ2) is 6.96. The average Bonchev–Trinajstić information content (AvgIpc) is 3.03. The van der Waals surface area contributed by atoms with E-state index in [-0.39, 0.29) is 11.3 Å². The van der Waals surface area contributed by atoms with Crippen LogP contribution >= 0.6 is 0 Å². The van der Waals surface area contributed by atoms with Crippen molar-refractivity contribution in [2.45, 2.75) is 57.8 Å². The smallest absolute Gasteiger partial charge is 0.263 e. The Kier molecular flexibility index (Phi) is 5.07. The SMILES string of the molecule is C[C@H](Oc1ccc(C(C)(C)C)cc1)C(=O)N1CCC2(CC1)OCCO2. The van der Waals surface area contributed by atoms with Gasteiger partial charge in [-0.2, -0.15) is 0 Å². The second-order valence-electron chi connectivity index (χ2n) is 7.97. The lowest BCUT2D eigenvalue weighted by atomic mass is 9.87. The fraction of sp³-hybridized carbons (Fsp3) is 0.650. The number of hydrogen-bond acceptors (Lipinski definition) is 4. The highest BCUT2D eigenvalue weighted by atomic mass is 16.7. The molecular weight excluding hydrogens is 318 g/mol. The highest BCUT2D eigenvalue weighted by Crippen LogP contribution is 2.31. The monoisotopic (exact) mass is 347 g/mol. The molecule has 0 saturated carbocycles. The van der Waals surface area contributed by atoms with Gasteiger partial charge in [-0.1, -0.05) is 32.9 Å². The summed E-state index contributed by atoms with van der Waals surface area (Å²) in [5, 5.41) is 0. The number of carbonyl (C=O) groups is 1. The van der Waals surface area contributed by atoms with Gasteiger partial charge in [0.05, 0.1) is 13.2 Å². The molecule has 1 amide bonds. The predicted molar refractivity (Wildman–Crippen MR) is 95.7 cm³/mol. The minimum absolute atomic E-state index is 0.0211. The zero-order valence-electron chi connectivity index (χ0n) is 15.7. The van der Waals surface area contributed by atoms with Crippen LogP contribution in [0.3, 0.4) is 0 Å². The Balaban J connectivity index is 1.54. The summed E-state index contributed by atoms with van der Waals surface area (Å²) in [6, 6.07) is 8.00. The van der Waals surface area contributed by atoms with E-state index in [1.807, 2.05) is 24.0 Å². The maximum Gasteiger partial charge on any atom is 0.263 e. The number of nitrogens with zero attached hydrogens (tertiary/aromatic N) is 1. The van der Waals surface area contributed by atoms with Crippen molar-refractivity contribution >= 4 is 5.91 Å². The molecule has 138 valence electrons. The minimum atomic E-state index is -0.500. The van der Waals surface area contributed by atoms with E-state index in [1.165, 1.54) is 5.56 Å². The largest absolute Gasteiger partial charge is 0.481 e. The third-order valence-electron chi connectivity index (χ3n) is 5.03. The van der Waals surface area contributed by atoms with Gasteiger partial charge in [0.15, 0.2) is 11.9 Å². The lowest BCUT2D eigenvalue weighted by molar-refractivity contribution is -0.188. The van der Waals surface area contributed by atoms with E-state index in [2.05, 4.69) is 32.9 Å². The first-order valence-electron chi connectivity index (χ1n) is 9.13. The normalized spacial score (nSPS) is 21.4. The molecule has 0 aliphatic carbocycles. The number of piperidine rings is 1. The number of likely N-dealkylation sites (tertiary alicyclic amines) is 1. The van der Waals surface area contributed by atoms with Crippen LogP contribution in [0.2, 0.25) is 0 Å². The van der Waals surface area contributed by atoms with Crippen molar-refractivity contribution in [3.8, 4) is 5.75 Å². The van der Waals surface area contributed by atoms with Crippen molar-refractivity contribution in [3.05, 3.63) is 29.8 Å². The number of benzene rings is 1. The molecule has 0 radical (unpaired) electrons. The zero-order valence-corrected chi connectivity index (χ0v) is 15.7. The molecule has 0 aromatic heterocycles. The molecule has 5 nitrogen and oxygen atoms in total. The molecule has 3 rings (SSSR count). The molecule has 2 aliphatic heterocycles. The van der Waals surface area contributed by atoms with Gasteiger partial charge >= 0.3 is 0 Å². The summed E-state index contributed by atoms with van der Waals surface area (Å²) in [7, 11) is 0. The maximum absolute atomic E-state index is 12.7. The van der Waals surface area contributed by atoms with Crippen LogP contribution < -0.4 is 4.74 Å². The molecule has 25 heavy (non-hydrogen) atoms.